The highest BCUT2D eigenvalue weighted by Crippen LogP contribution is 2.40. The van der Waals surface area contributed by atoms with Crippen LogP contribution < -0.4 is 0 Å². The summed E-state index contributed by atoms with van der Waals surface area (Å²) in [6.07, 6.45) is 1.37. The number of rotatable bonds is 4. The SMILES string of the molecule is O=[N+]([O-])c1cc(S(=O)(=O)N2CCC[C@H]2c2nc3ccccc3s2)ccc1Cl. The summed E-state index contributed by atoms with van der Waals surface area (Å²) in [6.45, 7) is 0.347. The zero-order valence-corrected chi connectivity index (χ0v) is 16.3. The van der Waals surface area contributed by atoms with Gasteiger partial charge in [-0.05, 0) is 37.1 Å². The third kappa shape index (κ3) is 3.20. The molecule has 1 fully saturated rings. The highest BCUT2D eigenvalue weighted by Gasteiger charge is 2.38. The van der Waals surface area contributed by atoms with E-state index in [1.165, 1.54) is 27.8 Å². The molecular weight excluding hydrogens is 410 g/mol. The minimum atomic E-state index is -3.91. The van der Waals surface area contributed by atoms with Crippen LogP contribution in [0, 0.1) is 10.1 Å². The summed E-state index contributed by atoms with van der Waals surface area (Å²) in [5.41, 5.74) is 0.414. The van der Waals surface area contributed by atoms with Crippen molar-refractivity contribution in [3.63, 3.8) is 0 Å². The quantitative estimate of drug-likeness (QED) is 0.458. The third-order valence-electron chi connectivity index (χ3n) is 4.52. The van der Waals surface area contributed by atoms with E-state index in [9.17, 15) is 18.5 Å². The van der Waals surface area contributed by atoms with Crippen molar-refractivity contribution in [3.05, 3.63) is 62.6 Å². The van der Waals surface area contributed by atoms with E-state index >= 15 is 0 Å². The number of hydrogen-bond acceptors (Lipinski definition) is 6. The maximum Gasteiger partial charge on any atom is 0.289 e. The first kappa shape index (κ1) is 18.3. The number of hydrogen-bond donors (Lipinski definition) is 0. The monoisotopic (exact) mass is 423 g/mol. The van der Waals surface area contributed by atoms with Gasteiger partial charge >= 0.3 is 0 Å². The van der Waals surface area contributed by atoms with Gasteiger partial charge in [0.05, 0.1) is 26.1 Å². The molecule has 1 aromatic heterocycles. The molecular formula is C17H14ClN3O4S2. The Morgan fingerprint density at radius 1 is 1.26 bits per heavy atom. The molecule has 0 spiro atoms. The lowest BCUT2D eigenvalue weighted by atomic mass is 10.2. The number of aromatic nitrogens is 1. The van der Waals surface area contributed by atoms with E-state index in [0.29, 0.717) is 19.4 Å². The number of benzene rings is 2. The number of halogens is 1. The van der Waals surface area contributed by atoms with Gasteiger partial charge in [0.25, 0.3) is 5.69 Å². The van der Waals surface area contributed by atoms with E-state index in [4.69, 9.17) is 11.6 Å². The first-order valence-electron chi connectivity index (χ1n) is 8.19. The molecule has 0 N–H and O–H groups in total. The first-order valence-corrected chi connectivity index (χ1v) is 10.8. The van der Waals surface area contributed by atoms with Crippen LogP contribution in [0.2, 0.25) is 5.02 Å². The summed E-state index contributed by atoms with van der Waals surface area (Å²) in [5, 5.41) is 11.8. The smallest absolute Gasteiger partial charge is 0.258 e. The Balaban J connectivity index is 1.74. The predicted molar refractivity (Wildman–Crippen MR) is 104 cm³/mol. The summed E-state index contributed by atoms with van der Waals surface area (Å²) in [5.74, 6) is 0. The highest BCUT2D eigenvalue weighted by molar-refractivity contribution is 7.89. The second-order valence-corrected chi connectivity index (χ2v) is 9.52. The number of nitro benzene ring substituents is 1. The Bertz CT molecular complexity index is 1110. The van der Waals surface area contributed by atoms with E-state index in [1.807, 2.05) is 24.3 Å². The molecule has 140 valence electrons. The average Bonchev–Trinajstić information content (AvgIpc) is 3.28. The van der Waals surface area contributed by atoms with Gasteiger partial charge in [-0.2, -0.15) is 4.31 Å². The van der Waals surface area contributed by atoms with Crippen LogP contribution in [0.1, 0.15) is 23.9 Å². The fraction of sp³-hybridized carbons (Fsp3) is 0.235. The van der Waals surface area contributed by atoms with Crippen LogP contribution in [0.25, 0.3) is 10.2 Å². The van der Waals surface area contributed by atoms with Gasteiger partial charge in [0.1, 0.15) is 10.0 Å². The number of para-hydroxylation sites is 1. The minimum absolute atomic E-state index is 0.0944. The van der Waals surface area contributed by atoms with Crippen LogP contribution >= 0.6 is 22.9 Å². The van der Waals surface area contributed by atoms with Crippen molar-refractivity contribution >= 4 is 48.9 Å². The summed E-state index contributed by atoms with van der Waals surface area (Å²) in [7, 11) is -3.91. The Morgan fingerprint density at radius 3 is 2.78 bits per heavy atom. The van der Waals surface area contributed by atoms with Crippen molar-refractivity contribution in [2.45, 2.75) is 23.8 Å². The normalized spacial score (nSPS) is 18.2. The molecule has 7 nitrogen and oxygen atoms in total. The molecule has 0 saturated carbocycles. The van der Waals surface area contributed by atoms with E-state index in [0.717, 1.165) is 21.3 Å². The molecule has 10 heteroatoms. The number of thiazole rings is 1. The second-order valence-electron chi connectivity index (χ2n) is 6.16. The lowest BCUT2D eigenvalue weighted by molar-refractivity contribution is -0.384. The van der Waals surface area contributed by atoms with Gasteiger partial charge in [-0.1, -0.05) is 23.7 Å². The van der Waals surface area contributed by atoms with Gasteiger partial charge < -0.3 is 0 Å². The molecule has 27 heavy (non-hydrogen) atoms. The van der Waals surface area contributed by atoms with Gasteiger partial charge in [0, 0.05) is 12.6 Å². The van der Waals surface area contributed by atoms with Crippen LogP contribution in [0.4, 0.5) is 5.69 Å². The number of sulfonamides is 1. The van der Waals surface area contributed by atoms with E-state index in [2.05, 4.69) is 4.98 Å². The van der Waals surface area contributed by atoms with Gasteiger partial charge in [-0.3, -0.25) is 10.1 Å². The average molecular weight is 424 g/mol. The first-order chi connectivity index (χ1) is 12.9. The zero-order valence-electron chi connectivity index (χ0n) is 13.9. The molecule has 0 unspecified atom stereocenters. The molecule has 1 aliphatic heterocycles. The van der Waals surface area contributed by atoms with E-state index < -0.39 is 20.6 Å². The van der Waals surface area contributed by atoms with Crippen molar-refractivity contribution < 1.29 is 13.3 Å². The summed E-state index contributed by atoms with van der Waals surface area (Å²) in [6, 6.07) is 10.8. The molecule has 1 saturated heterocycles. The van der Waals surface area contributed by atoms with Crippen LogP contribution in [-0.2, 0) is 10.0 Å². The molecule has 1 atom stereocenters. The minimum Gasteiger partial charge on any atom is -0.258 e. The van der Waals surface area contributed by atoms with Crippen molar-refractivity contribution in [3.8, 4) is 0 Å². The predicted octanol–water partition coefficient (Wildman–Crippen LogP) is 4.38. The lowest BCUT2D eigenvalue weighted by Crippen LogP contribution is -2.30. The highest BCUT2D eigenvalue weighted by atomic mass is 35.5. The Kier molecular flexibility index (Phi) is 4.63. The van der Waals surface area contributed by atoms with Crippen LogP contribution in [0.15, 0.2) is 47.4 Å². The Hall–Kier alpha value is -2.07. The molecule has 2 aromatic carbocycles. The number of nitrogens with zero attached hydrogens (tertiary/aromatic N) is 3. The van der Waals surface area contributed by atoms with Crippen molar-refractivity contribution in [1.82, 2.24) is 9.29 Å². The second kappa shape index (κ2) is 6.83. The summed E-state index contributed by atoms with van der Waals surface area (Å²) >= 11 is 7.29. The van der Waals surface area contributed by atoms with E-state index in [1.54, 1.807) is 0 Å². The summed E-state index contributed by atoms with van der Waals surface area (Å²) in [4.78, 5) is 14.9. The van der Waals surface area contributed by atoms with Gasteiger partial charge in [0.15, 0.2) is 0 Å². The fourth-order valence-corrected chi connectivity index (χ4v) is 6.29. The zero-order chi connectivity index (χ0) is 19.2. The fourth-order valence-electron chi connectivity index (χ4n) is 3.24. The summed E-state index contributed by atoms with van der Waals surface area (Å²) < 4.78 is 28.7. The standard InChI is InChI=1S/C17H14ClN3O4S2/c18-12-8-7-11(10-15(12)21(22)23)27(24,25)20-9-3-5-14(20)17-19-13-4-1-2-6-16(13)26-17/h1-2,4,6-8,10,14H,3,5,9H2/t14-/m0/s1. The van der Waals surface area contributed by atoms with Crippen molar-refractivity contribution in [2.75, 3.05) is 6.54 Å². The maximum absolute atomic E-state index is 13.2. The van der Waals surface area contributed by atoms with Crippen LogP contribution in [0.5, 0.6) is 0 Å². The van der Waals surface area contributed by atoms with Gasteiger partial charge in [-0.15, -0.1) is 11.3 Å². The van der Waals surface area contributed by atoms with E-state index in [-0.39, 0.29) is 16.0 Å². The van der Waals surface area contributed by atoms with Crippen LogP contribution in [0.3, 0.4) is 0 Å². The molecule has 0 amide bonds. The number of fused-ring (bicyclic) bond motifs is 1. The Morgan fingerprint density at radius 2 is 2.04 bits per heavy atom. The maximum atomic E-state index is 13.2. The molecule has 0 radical (unpaired) electrons. The topological polar surface area (TPSA) is 93.4 Å². The molecule has 0 bridgehead atoms. The molecule has 2 heterocycles. The molecule has 3 aromatic rings. The molecule has 4 rings (SSSR count). The van der Waals surface area contributed by atoms with Gasteiger partial charge in [-0.25, -0.2) is 13.4 Å². The molecule has 1 aliphatic rings. The van der Waals surface area contributed by atoms with Crippen LogP contribution in [-0.4, -0.2) is 29.2 Å². The third-order valence-corrected chi connectivity index (χ3v) is 7.88. The molecule has 0 aliphatic carbocycles. The lowest BCUT2D eigenvalue weighted by Gasteiger charge is -2.22. The van der Waals surface area contributed by atoms with Gasteiger partial charge in [0.2, 0.25) is 10.0 Å². The largest absolute Gasteiger partial charge is 0.289 e. The number of nitro groups is 1. The van der Waals surface area contributed by atoms with Crippen molar-refractivity contribution in [1.29, 1.82) is 0 Å². The van der Waals surface area contributed by atoms with Crippen molar-refractivity contribution in [2.24, 2.45) is 0 Å². The Labute approximate surface area is 164 Å².